The number of allylic oxidation sites excluding steroid dienone is 5. The molecule has 0 spiro atoms. The van der Waals surface area contributed by atoms with E-state index in [1.165, 1.54) is 0 Å². The van der Waals surface area contributed by atoms with E-state index in [2.05, 4.69) is 47.5 Å². The minimum absolute atomic E-state index is 0.762. The lowest BCUT2D eigenvalue weighted by molar-refractivity contribution is 1.39. The molecular weight excluding hydrogens is 273 g/mol. The highest BCUT2D eigenvalue weighted by atomic mass is 127. The van der Waals surface area contributed by atoms with Crippen LogP contribution in [0.15, 0.2) is 53.7 Å². The Labute approximate surface area is 94.8 Å². The average Bonchev–Trinajstić information content (AvgIpc) is 2.21. The largest absolute Gasteiger partial charge is 0.264 e. The summed E-state index contributed by atoms with van der Waals surface area (Å²) in [5.41, 5.74) is 1.70. The van der Waals surface area contributed by atoms with Gasteiger partial charge in [-0.2, -0.15) is 0 Å². The van der Waals surface area contributed by atoms with Crippen LogP contribution in [0.5, 0.6) is 0 Å². The van der Waals surface area contributed by atoms with Crippen molar-refractivity contribution in [3.05, 3.63) is 48.7 Å². The predicted octanol–water partition coefficient (Wildman–Crippen LogP) is 3.94. The molecule has 2 heteroatoms. The van der Waals surface area contributed by atoms with Gasteiger partial charge in [0.1, 0.15) is 0 Å². The van der Waals surface area contributed by atoms with Gasteiger partial charge in [-0.25, -0.2) is 0 Å². The lowest BCUT2D eigenvalue weighted by Crippen LogP contribution is -1.77. The van der Waals surface area contributed by atoms with Crippen LogP contribution >= 0.6 is 22.6 Å². The normalized spacial score (nSPS) is 11.0. The average molecular weight is 289 g/mol. The molecule has 0 N–H and O–H groups in total. The van der Waals surface area contributed by atoms with E-state index in [-0.39, 0.29) is 0 Å². The molecule has 0 fully saturated rings. The van der Waals surface area contributed by atoms with Gasteiger partial charge in [0.2, 0.25) is 0 Å². The van der Waals surface area contributed by atoms with Crippen LogP contribution in [0, 0.1) is 0 Å². The first-order valence-electron chi connectivity index (χ1n) is 3.76. The summed E-state index contributed by atoms with van der Waals surface area (Å²) in [5, 5.41) is 0. The number of rotatable bonds is 4. The Kier molecular flexibility index (Phi) is 13.0. The van der Waals surface area contributed by atoms with E-state index in [9.17, 15) is 0 Å². The molecular formula is C11H16IN. The highest BCUT2D eigenvalue weighted by Crippen LogP contribution is 2.08. The highest BCUT2D eigenvalue weighted by molar-refractivity contribution is 14.1. The van der Waals surface area contributed by atoms with Crippen molar-refractivity contribution in [3.63, 3.8) is 0 Å². The molecule has 72 valence electrons. The summed E-state index contributed by atoms with van der Waals surface area (Å²) in [4.78, 5) is 5.76. The van der Waals surface area contributed by atoms with Gasteiger partial charge in [0, 0.05) is 0 Å². The zero-order valence-electron chi connectivity index (χ0n) is 8.26. The summed E-state index contributed by atoms with van der Waals surface area (Å²) in [6, 6.07) is 0. The van der Waals surface area contributed by atoms with E-state index >= 15 is 0 Å². The van der Waals surface area contributed by atoms with Crippen LogP contribution < -0.4 is 0 Å². The maximum Gasteiger partial charge on any atom is 0.0688 e. The standard InChI is InChI=1S/C10H13N.CH3I/c1-5-8-9(6-2)10(7-3)11-4;1-2/h5-8H,2-4H2,1H3;1H3/b8-5-,10-9+;. The second-order valence-electron chi connectivity index (χ2n) is 1.91. The summed E-state index contributed by atoms with van der Waals surface area (Å²) < 4.78 is 0. The van der Waals surface area contributed by atoms with Crippen molar-refractivity contribution in [2.45, 2.75) is 6.92 Å². The minimum Gasteiger partial charge on any atom is -0.264 e. The van der Waals surface area contributed by atoms with Crippen LogP contribution in [-0.2, 0) is 0 Å². The number of halogens is 1. The molecule has 0 bridgehead atoms. The van der Waals surface area contributed by atoms with Gasteiger partial charge < -0.3 is 0 Å². The molecule has 0 saturated carbocycles. The van der Waals surface area contributed by atoms with Gasteiger partial charge in [-0.3, -0.25) is 4.99 Å². The van der Waals surface area contributed by atoms with Crippen LogP contribution in [0.4, 0.5) is 0 Å². The van der Waals surface area contributed by atoms with E-state index in [1.54, 1.807) is 12.2 Å². The Bertz CT molecular complexity index is 214. The van der Waals surface area contributed by atoms with Gasteiger partial charge in [0.05, 0.1) is 5.70 Å². The first kappa shape index (κ1) is 14.9. The van der Waals surface area contributed by atoms with E-state index in [0.29, 0.717) is 0 Å². The Morgan fingerprint density at radius 3 is 2.00 bits per heavy atom. The number of aliphatic imine (C=N–C) groups is 1. The molecule has 13 heavy (non-hydrogen) atoms. The van der Waals surface area contributed by atoms with Gasteiger partial charge in [0.15, 0.2) is 0 Å². The second-order valence-corrected chi connectivity index (χ2v) is 1.91. The zero-order valence-corrected chi connectivity index (χ0v) is 10.4. The zero-order chi connectivity index (χ0) is 10.7. The van der Waals surface area contributed by atoms with Crippen molar-refractivity contribution >= 4 is 29.3 Å². The third kappa shape index (κ3) is 6.51. The molecule has 0 radical (unpaired) electrons. The first-order chi connectivity index (χ1) is 6.29. The van der Waals surface area contributed by atoms with Crippen LogP contribution in [0.3, 0.4) is 0 Å². The molecule has 0 heterocycles. The van der Waals surface area contributed by atoms with Crippen molar-refractivity contribution in [2.75, 3.05) is 4.93 Å². The number of alkyl halides is 1. The molecule has 0 rings (SSSR count). The van der Waals surface area contributed by atoms with Crippen LogP contribution in [-0.4, -0.2) is 11.6 Å². The smallest absolute Gasteiger partial charge is 0.0688 e. The molecule has 0 atom stereocenters. The Morgan fingerprint density at radius 1 is 1.23 bits per heavy atom. The third-order valence-electron chi connectivity index (χ3n) is 1.23. The second kappa shape index (κ2) is 11.4. The molecule has 0 aliphatic carbocycles. The summed E-state index contributed by atoms with van der Waals surface area (Å²) in [7, 11) is 0. The van der Waals surface area contributed by atoms with Crippen molar-refractivity contribution in [2.24, 2.45) is 4.99 Å². The van der Waals surface area contributed by atoms with E-state index < -0.39 is 0 Å². The summed E-state index contributed by atoms with van der Waals surface area (Å²) in [5.74, 6) is 0. The van der Waals surface area contributed by atoms with Crippen LogP contribution in [0.1, 0.15) is 6.92 Å². The highest BCUT2D eigenvalue weighted by Gasteiger charge is 1.91. The minimum atomic E-state index is 0.762. The Hall–Kier alpha value is -0.640. The molecule has 0 aromatic rings. The fourth-order valence-electron chi connectivity index (χ4n) is 0.711. The predicted molar refractivity (Wildman–Crippen MR) is 71.7 cm³/mol. The Balaban J connectivity index is 0. The lowest BCUT2D eigenvalue weighted by atomic mass is 10.2. The number of nitrogens with zero attached hydrogens (tertiary/aromatic N) is 1. The fourth-order valence-corrected chi connectivity index (χ4v) is 0.711. The molecule has 0 aromatic heterocycles. The summed E-state index contributed by atoms with van der Waals surface area (Å²) in [6.07, 6.45) is 7.22. The summed E-state index contributed by atoms with van der Waals surface area (Å²) in [6.45, 7) is 12.6. The molecule has 0 aromatic carbocycles. The van der Waals surface area contributed by atoms with Crippen LogP contribution in [0.25, 0.3) is 0 Å². The lowest BCUT2D eigenvalue weighted by Gasteiger charge is -1.96. The fraction of sp³-hybridized carbons (Fsp3) is 0.182. The third-order valence-corrected chi connectivity index (χ3v) is 1.23. The van der Waals surface area contributed by atoms with E-state index in [4.69, 9.17) is 0 Å². The van der Waals surface area contributed by atoms with Crippen molar-refractivity contribution < 1.29 is 0 Å². The van der Waals surface area contributed by atoms with Crippen molar-refractivity contribution in [1.29, 1.82) is 0 Å². The molecule has 0 aliphatic rings. The van der Waals surface area contributed by atoms with Gasteiger partial charge in [-0.1, -0.05) is 54.0 Å². The molecule has 0 aliphatic heterocycles. The topological polar surface area (TPSA) is 12.4 Å². The molecule has 0 amide bonds. The number of hydrogen-bond donors (Lipinski definition) is 0. The monoisotopic (exact) mass is 289 g/mol. The SMILES string of the molecule is C=CC(/C=C\C)=C(/C=C)N=C.CI. The Morgan fingerprint density at radius 2 is 1.77 bits per heavy atom. The van der Waals surface area contributed by atoms with Gasteiger partial charge in [-0.05, 0) is 30.2 Å². The molecule has 1 nitrogen and oxygen atoms in total. The first-order valence-corrected chi connectivity index (χ1v) is 5.92. The van der Waals surface area contributed by atoms with E-state index in [0.717, 1.165) is 11.3 Å². The van der Waals surface area contributed by atoms with E-state index in [1.807, 2.05) is 24.0 Å². The molecule has 0 unspecified atom stereocenters. The van der Waals surface area contributed by atoms with Crippen LogP contribution in [0.2, 0.25) is 0 Å². The number of hydrogen-bond acceptors (Lipinski definition) is 1. The van der Waals surface area contributed by atoms with Gasteiger partial charge in [-0.15, -0.1) is 0 Å². The maximum absolute atomic E-state index is 3.79. The summed E-state index contributed by atoms with van der Waals surface area (Å²) >= 11 is 2.15. The van der Waals surface area contributed by atoms with Crippen molar-refractivity contribution in [3.8, 4) is 0 Å². The van der Waals surface area contributed by atoms with Gasteiger partial charge in [0.25, 0.3) is 0 Å². The van der Waals surface area contributed by atoms with Crippen molar-refractivity contribution in [1.82, 2.24) is 0 Å². The molecule has 0 saturated heterocycles. The maximum atomic E-state index is 3.79. The van der Waals surface area contributed by atoms with Gasteiger partial charge >= 0.3 is 0 Å². The quantitative estimate of drug-likeness (QED) is 0.322.